The van der Waals surface area contributed by atoms with Crippen molar-refractivity contribution < 1.29 is 9.63 Å². The van der Waals surface area contributed by atoms with E-state index in [-0.39, 0.29) is 5.91 Å². The van der Waals surface area contributed by atoms with E-state index in [9.17, 15) is 4.79 Å². The number of rotatable bonds is 2. The standard InChI is InChI=1S/C10H12ClNO2/c1-7-6-8(11)4-5-9(7)10(13)12(2)14-3/h4-6H,1-3H3. The summed E-state index contributed by atoms with van der Waals surface area (Å²) in [7, 11) is 3.01. The van der Waals surface area contributed by atoms with Crippen molar-refractivity contribution in [2.75, 3.05) is 14.2 Å². The predicted molar refractivity (Wildman–Crippen MR) is 55.3 cm³/mol. The molecule has 0 aliphatic rings. The van der Waals surface area contributed by atoms with Crippen LogP contribution in [0.4, 0.5) is 0 Å². The van der Waals surface area contributed by atoms with Crippen molar-refractivity contribution in [3.63, 3.8) is 0 Å². The Labute approximate surface area is 88.2 Å². The van der Waals surface area contributed by atoms with Gasteiger partial charge < -0.3 is 0 Å². The van der Waals surface area contributed by atoms with Gasteiger partial charge in [-0.25, -0.2) is 5.06 Å². The van der Waals surface area contributed by atoms with E-state index in [0.717, 1.165) is 5.56 Å². The largest absolute Gasteiger partial charge is 0.277 e. The van der Waals surface area contributed by atoms with Crippen molar-refractivity contribution in [2.45, 2.75) is 6.92 Å². The second kappa shape index (κ2) is 4.44. The van der Waals surface area contributed by atoms with E-state index in [0.29, 0.717) is 10.6 Å². The normalized spacial score (nSPS) is 10.0. The number of nitrogens with zero attached hydrogens (tertiary/aromatic N) is 1. The lowest BCUT2D eigenvalue weighted by Gasteiger charge is -2.14. The number of carbonyl (C=O) groups is 1. The quantitative estimate of drug-likeness (QED) is 0.706. The van der Waals surface area contributed by atoms with Gasteiger partial charge in [-0.1, -0.05) is 11.6 Å². The molecule has 1 aromatic rings. The van der Waals surface area contributed by atoms with E-state index in [1.165, 1.54) is 12.2 Å². The van der Waals surface area contributed by atoms with Crippen molar-refractivity contribution in [3.8, 4) is 0 Å². The molecule has 0 saturated carbocycles. The van der Waals surface area contributed by atoms with Crippen LogP contribution in [0.2, 0.25) is 5.02 Å². The van der Waals surface area contributed by atoms with Gasteiger partial charge in [0, 0.05) is 17.6 Å². The Morgan fingerprint density at radius 1 is 1.50 bits per heavy atom. The second-order valence-corrected chi connectivity index (χ2v) is 3.38. The molecule has 0 fully saturated rings. The smallest absolute Gasteiger partial charge is 0.274 e. The number of benzene rings is 1. The molecule has 0 unspecified atom stereocenters. The first-order valence-electron chi connectivity index (χ1n) is 4.14. The molecule has 1 amide bonds. The van der Waals surface area contributed by atoms with Crippen LogP contribution in [0, 0.1) is 6.92 Å². The highest BCUT2D eigenvalue weighted by atomic mass is 35.5. The highest BCUT2D eigenvalue weighted by Crippen LogP contribution is 2.16. The second-order valence-electron chi connectivity index (χ2n) is 2.94. The van der Waals surface area contributed by atoms with Crippen LogP contribution in [-0.2, 0) is 4.84 Å². The number of hydrogen-bond acceptors (Lipinski definition) is 2. The minimum absolute atomic E-state index is 0.179. The molecule has 0 saturated heterocycles. The van der Waals surface area contributed by atoms with Crippen molar-refractivity contribution in [1.82, 2.24) is 5.06 Å². The summed E-state index contributed by atoms with van der Waals surface area (Å²) in [6, 6.07) is 5.12. The zero-order valence-corrected chi connectivity index (χ0v) is 9.13. The van der Waals surface area contributed by atoms with Crippen LogP contribution in [0.3, 0.4) is 0 Å². The fourth-order valence-electron chi connectivity index (χ4n) is 1.12. The minimum atomic E-state index is -0.179. The zero-order chi connectivity index (χ0) is 10.7. The summed E-state index contributed by atoms with van der Waals surface area (Å²) >= 11 is 5.78. The van der Waals surface area contributed by atoms with E-state index >= 15 is 0 Å². The zero-order valence-electron chi connectivity index (χ0n) is 8.37. The van der Waals surface area contributed by atoms with Crippen LogP contribution in [0.15, 0.2) is 18.2 Å². The van der Waals surface area contributed by atoms with Crippen molar-refractivity contribution >= 4 is 17.5 Å². The summed E-state index contributed by atoms with van der Waals surface area (Å²) < 4.78 is 0. The molecule has 0 bridgehead atoms. The molecule has 0 heterocycles. The van der Waals surface area contributed by atoms with E-state index in [4.69, 9.17) is 16.4 Å². The van der Waals surface area contributed by atoms with Crippen molar-refractivity contribution in [1.29, 1.82) is 0 Å². The molecule has 0 aliphatic heterocycles. The maximum atomic E-state index is 11.7. The van der Waals surface area contributed by atoms with Crippen LogP contribution in [0.5, 0.6) is 0 Å². The molecule has 76 valence electrons. The molecule has 4 heteroatoms. The molecular formula is C10H12ClNO2. The van der Waals surface area contributed by atoms with E-state index < -0.39 is 0 Å². The number of hydrogen-bond donors (Lipinski definition) is 0. The van der Waals surface area contributed by atoms with Gasteiger partial charge in [0.15, 0.2) is 0 Å². The van der Waals surface area contributed by atoms with Crippen LogP contribution >= 0.6 is 11.6 Å². The third-order valence-corrected chi connectivity index (χ3v) is 2.21. The number of halogens is 1. The number of amides is 1. The fraction of sp³-hybridized carbons (Fsp3) is 0.300. The Morgan fingerprint density at radius 3 is 2.64 bits per heavy atom. The first-order chi connectivity index (χ1) is 6.56. The van der Waals surface area contributed by atoms with Crippen LogP contribution in [0.1, 0.15) is 15.9 Å². The molecular weight excluding hydrogens is 202 g/mol. The molecule has 0 aromatic heterocycles. The van der Waals surface area contributed by atoms with Gasteiger partial charge in [0.05, 0.1) is 7.11 Å². The summed E-state index contributed by atoms with van der Waals surface area (Å²) in [4.78, 5) is 16.5. The van der Waals surface area contributed by atoms with Gasteiger partial charge in [-0.2, -0.15) is 0 Å². The van der Waals surface area contributed by atoms with Gasteiger partial charge >= 0.3 is 0 Å². The van der Waals surface area contributed by atoms with Crippen molar-refractivity contribution in [2.24, 2.45) is 0 Å². The summed E-state index contributed by atoms with van der Waals surface area (Å²) in [6.45, 7) is 1.84. The summed E-state index contributed by atoms with van der Waals surface area (Å²) in [6.07, 6.45) is 0. The Hall–Kier alpha value is -1.06. The number of aryl methyl sites for hydroxylation is 1. The van der Waals surface area contributed by atoms with Gasteiger partial charge in [0.1, 0.15) is 0 Å². The third kappa shape index (κ3) is 2.25. The average molecular weight is 214 g/mol. The lowest BCUT2D eigenvalue weighted by atomic mass is 10.1. The molecule has 0 N–H and O–H groups in total. The maximum Gasteiger partial charge on any atom is 0.277 e. The van der Waals surface area contributed by atoms with Gasteiger partial charge in [-0.05, 0) is 30.7 Å². The minimum Gasteiger partial charge on any atom is -0.274 e. The Bertz CT molecular complexity index is 352. The molecule has 1 rings (SSSR count). The summed E-state index contributed by atoms with van der Waals surface area (Å²) in [5, 5.41) is 1.80. The van der Waals surface area contributed by atoms with Gasteiger partial charge in [0.2, 0.25) is 0 Å². The lowest BCUT2D eigenvalue weighted by Crippen LogP contribution is -2.25. The first-order valence-corrected chi connectivity index (χ1v) is 4.52. The SMILES string of the molecule is CON(C)C(=O)c1ccc(Cl)cc1C. The molecule has 0 spiro atoms. The summed E-state index contributed by atoms with van der Waals surface area (Å²) in [5.74, 6) is -0.179. The molecule has 0 atom stereocenters. The summed E-state index contributed by atoms with van der Waals surface area (Å²) in [5.41, 5.74) is 1.44. The van der Waals surface area contributed by atoms with Gasteiger partial charge in [0.25, 0.3) is 5.91 Å². The van der Waals surface area contributed by atoms with Crippen LogP contribution in [0.25, 0.3) is 0 Å². The number of carbonyl (C=O) groups excluding carboxylic acids is 1. The van der Waals surface area contributed by atoms with Crippen LogP contribution in [-0.4, -0.2) is 25.1 Å². The number of hydroxylamine groups is 2. The van der Waals surface area contributed by atoms with E-state index in [1.54, 1.807) is 25.2 Å². The van der Waals surface area contributed by atoms with E-state index in [2.05, 4.69) is 0 Å². The molecule has 14 heavy (non-hydrogen) atoms. The molecule has 0 radical (unpaired) electrons. The fourth-order valence-corrected chi connectivity index (χ4v) is 1.35. The van der Waals surface area contributed by atoms with Crippen LogP contribution < -0.4 is 0 Å². The van der Waals surface area contributed by atoms with Gasteiger partial charge in [-0.15, -0.1) is 0 Å². The Kier molecular flexibility index (Phi) is 3.49. The third-order valence-electron chi connectivity index (χ3n) is 1.98. The highest BCUT2D eigenvalue weighted by molar-refractivity contribution is 6.30. The first kappa shape index (κ1) is 11.0. The van der Waals surface area contributed by atoms with Crippen molar-refractivity contribution in [3.05, 3.63) is 34.3 Å². The molecule has 3 nitrogen and oxygen atoms in total. The van der Waals surface area contributed by atoms with Gasteiger partial charge in [-0.3, -0.25) is 9.63 Å². The monoisotopic (exact) mass is 213 g/mol. The molecule has 1 aromatic carbocycles. The average Bonchev–Trinajstić information content (AvgIpc) is 2.15. The lowest BCUT2D eigenvalue weighted by molar-refractivity contribution is -0.0757. The maximum absolute atomic E-state index is 11.7. The Morgan fingerprint density at radius 2 is 2.14 bits per heavy atom. The molecule has 0 aliphatic carbocycles. The topological polar surface area (TPSA) is 29.5 Å². The predicted octanol–water partition coefficient (Wildman–Crippen LogP) is 2.28. The highest BCUT2D eigenvalue weighted by Gasteiger charge is 2.13. The van der Waals surface area contributed by atoms with E-state index in [1.807, 2.05) is 6.92 Å². The Balaban J connectivity index is 3.02.